The molecule has 0 saturated carbocycles. The van der Waals surface area contributed by atoms with E-state index in [1.807, 2.05) is 54.8 Å². The standard InChI is InChI=1S/C21H15N3O2S2/c1-13-17(14-6-3-2-4-7-14)18-20(28-13)22-12-24(21(18)25)10-15-11-27-19(23-15)16-8-5-9-26-16/h2-9,11-12H,10H2,1H3. The Morgan fingerprint density at radius 3 is 2.79 bits per heavy atom. The van der Waals surface area contributed by atoms with Crippen molar-refractivity contribution in [2.45, 2.75) is 13.5 Å². The molecule has 0 amide bonds. The van der Waals surface area contributed by atoms with Gasteiger partial charge in [0, 0.05) is 15.8 Å². The first-order chi connectivity index (χ1) is 13.7. The van der Waals surface area contributed by atoms with Crippen molar-refractivity contribution in [2.75, 3.05) is 0 Å². The van der Waals surface area contributed by atoms with Crippen molar-refractivity contribution in [3.63, 3.8) is 0 Å². The predicted octanol–water partition coefficient (Wildman–Crippen LogP) is 5.20. The molecule has 0 aliphatic heterocycles. The lowest BCUT2D eigenvalue weighted by Crippen LogP contribution is -2.21. The predicted molar refractivity (Wildman–Crippen MR) is 113 cm³/mol. The maximum absolute atomic E-state index is 13.3. The summed E-state index contributed by atoms with van der Waals surface area (Å²) in [6, 6.07) is 13.7. The van der Waals surface area contributed by atoms with Crippen molar-refractivity contribution >= 4 is 32.9 Å². The fourth-order valence-corrected chi connectivity index (χ4v) is 5.05. The molecule has 0 radical (unpaired) electrons. The Labute approximate surface area is 168 Å². The molecule has 0 aliphatic carbocycles. The highest BCUT2D eigenvalue weighted by molar-refractivity contribution is 7.19. The first-order valence-electron chi connectivity index (χ1n) is 8.73. The van der Waals surface area contributed by atoms with Crippen LogP contribution in [0.3, 0.4) is 0 Å². The molecule has 0 bridgehead atoms. The molecule has 1 aromatic carbocycles. The van der Waals surface area contributed by atoms with Gasteiger partial charge in [-0.25, -0.2) is 9.97 Å². The summed E-state index contributed by atoms with van der Waals surface area (Å²) < 4.78 is 7.03. The number of thiazole rings is 1. The molecule has 0 aliphatic rings. The van der Waals surface area contributed by atoms with Crippen LogP contribution in [0, 0.1) is 6.92 Å². The van der Waals surface area contributed by atoms with Crippen molar-refractivity contribution in [3.8, 4) is 21.9 Å². The van der Waals surface area contributed by atoms with Crippen LogP contribution in [0.5, 0.6) is 0 Å². The minimum atomic E-state index is -0.0410. The fourth-order valence-electron chi connectivity index (χ4n) is 3.27. The van der Waals surface area contributed by atoms with Gasteiger partial charge in [-0.2, -0.15) is 0 Å². The van der Waals surface area contributed by atoms with E-state index in [9.17, 15) is 4.79 Å². The average molecular weight is 406 g/mol. The van der Waals surface area contributed by atoms with E-state index < -0.39 is 0 Å². The maximum Gasteiger partial charge on any atom is 0.263 e. The van der Waals surface area contributed by atoms with Gasteiger partial charge >= 0.3 is 0 Å². The summed E-state index contributed by atoms with van der Waals surface area (Å²) in [6.07, 6.45) is 3.24. The topological polar surface area (TPSA) is 60.9 Å². The molecule has 0 atom stereocenters. The molecule has 0 saturated heterocycles. The van der Waals surface area contributed by atoms with Gasteiger partial charge in [0.15, 0.2) is 10.8 Å². The first-order valence-corrected chi connectivity index (χ1v) is 10.4. The molecule has 4 aromatic heterocycles. The molecular formula is C21H15N3O2S2. The van der Waals surface area contributed by atoms with Crippen molar-refractivity contribution in [3.05, 3.63) is 81.4 Å². The third-order valence-corrected chi connectivity index (χ3v) is 6.45. The number of hydrogen-bond acceptors (Lipinski definition) is 6. The molecule has 7 heteroatoms. The Balaban J connectivity index is 1.58. The molecule has 0 fully saturated rings. The smallest absolute Gasteiger partial charge is 0.263 e. The number of thiophene rings is 1. The number of nitrogens with zero attached hydrogens (tertiary/aromatic N) is 3. The van der Waals surface area contributed by atoms with E-state index in [0.29, 0.717) is 11.9 Å². The van der Waals surface area contributed by atoms with E-state index in [0.717, 1.165) is 37.3 Å². The lowest BCUT2D eigenvalue weighted by Gasteiger charge is -2.05. The fraction of sp³-hybridized carbons (Fsp3) is 0.0952. The Morgan fingerprint density at radius 1 is 1.14 bits per heavy atom. The molecule has 0 spiro atoms. The molecule has 0 N–H and O–H groups in total. The average Bonchev–Trinajstić information content (AvgIpc) is 3.44. The highest BCUT2D eigenvalue weighted by atomic mass is 32.1. The zero-order valence-electron chi connectivity index (χ0n) is 15.0. The summed E-state index contributed by atoms with van der Waals surface area (Å²) >= 11 is 3.06. The van der Waals surface area contributed by atoms with Crippen molar-refractivity contribution in [2.24, 2.45) is 0 Å². The number of aryl methyl sites for hydroxylation is 1. The zero-order valence-corrected chi connectivity index (χ0v) is 16.6. The minimum absolute atomic E-state index is 0.0410. The Hall–Kier alpha value is -3.03. The second-order valence-electron chi connectivity index (χ2n) is 6.38. The largest absolute Gasteiger partial charge is 0.462 e. The Bertz CT molecular complexity index is 1320. The summed E-state index contributed by atoms with van der Waals surface area (Å²) in [6.45, 7) is 2.41. The van der Waals surface area contributed by atoms with Crippen LogP contribution in [0.25, 0.3) is 32.1 Å². The van der Waals surface area contributed by atoms with Crippen LogP contribution in [0.4, 0.5) is 0 Å². The monoisotopic (exact) mass is 405 g/mol. The zero-order chi connectivity index (χ0) is 19.1. The Morgan fingerprint density at radius 2 is 2.00 bits per heavy atom. The van der Waals surface area contributed by atoms with Gasteiger partial charge < -0.3 is 4.42 Å². The lowest BCUT2D eigenvalue weighted by atomic mass is 10.0. The van der Waals surface area contributed by atoms with Gasteiger partial charge in [-0.3, -0.25) is 9.36 Å². The van der Waals surface area contributed by atoms with Crippen molar-refractivity contribution < 1.29 is 4.42 Å². The SMILES string of the molecule is Cc1sc2ncn(Cc3csc(-c4ccco4)n3)c(=O)c2c1-c1ccccc1. The minimum Gasteiger partial charge on any atom is -0.462 e. The van der Waals surface area contributed by atoms with Gasteiger partial charge in [-0.1, -0.05) is 30.3 Å². The molecule has 138 valence electrons. The molecule has 5 nitrogen and oxygen atoms in total. The van der Waals surface area contributed by atoms with E-state index in [2.05, 4.69) is 9.97 Å². The summed E-state index contributed by atoms with van der Waals surface area (Å²) in [5.74, 6) is 0.733. The van der Waals surface area contributed by atoms with Gasteiger partial charge in [0.2, 0.25) is 0 Å². The van der Waals surface area contributed by atoms with Crippen LogP contribution in [0.2, 0.25) is 0 Å². The second kappa shape index (κ2) is 6.85. The second-order valence-corrected chi connectivity index (χ2v) is 8.44. The van der Waals surface area contributed by atoms with Crippen LogP contribution in [-0.4, -0.2) is 14.5 Å². The van der Waals surface area contributed by atoms with Crippen LogP contribution >= 0.6 is 22.7 Å². The van der Waals surface area contributed by atoms with Crippen LogP contribution in [0.15, 0.2) is 69.6 Å². The number of furan rings is 1. The number of aromatic nitrogens is 3. The molecule has 4 heterocycles. The number of rotatable bonds is 4. The summed E-state index contributed by atoms with van der Waals surface area (Å²) in [7, 11) is 0. The Kier molecular flexibility index (Phi) is 4.18. The van der Waals surface area contributed by atoms with Gasteiger partial charge in [-0.15, -0.1) is 22.7 Å². The highest BCUT2D eigenvalue weighted by Gasteiger charge is 2.17. The quantitative estimate of drug-likeness (QED) is 0.412. The van der Waals surface area contributed by atoms with Crippen LogP contribution < -0.4 is 5.56 Å². The number of benzene rings is 1. The third kappa shape index (κ3) is 2.89. The van der Waals surface area contributed by atoms with Gasteiger partial charge in [-0.05, 0) is 24.6 Å². The van der Waals surface area contributed by atoms with Crippen LogP contribution in [0.1, 0.15) is 10.6 Å². The van der Waals surface area contributed by atoms with E-state index in [1.165, 1.54) is 11.3 Å². The number of hydrogen-bond donors (Lipinski definition) is 0. The summed E-state index contributed by atoms with van der Waals surface area (Å²) in [4.78, 5) is 24.3. The number of fused-ring (bicyclic) bond motifs is 1. The van der Waals surface area contributed by atoms with E-state index in [4.69, 9.17) is 4.42 Å². The van der Waals surface area contributed by atoms with E-state index >= 15 is 0 Å². The molecule has 5 rings (SSSR count). The third-order valence-electron chi connectivity index (χ3n) is 4.53. The lowest BCUT2D eigenvalue weighted by molar-refractivity contribution is 0.581. The normalized spacial score (nSPS) is 11.3. The highest BCUT2D eigenvalue weighted by Crippen LogP contribution is 2.35. The van der Waals surface area contributed by atoms with Crippen molar-refractivity contribution in [1.29, 1.82) is 0 Å². The van der Waals surface area contributed by atoms with Crippen molar-refractivity contribution in [1.82, 2.24) is 14.5 Å². The summed E-state index contributed by atoms with van der Waals surface area (Å²) in [5, 5.41) is 3.43. The first kappa shape index (κ1) is 17.1. The molecule has 5 aromatic rings. The maximum atomic E-state index is 13.3. The van der Waals surface area contributed by atoms with Gasteiger partial charge in [0.05, 0.1) is 30.2 Å². The summed E-state index contributed by atoms with van der Waals surface area (Å²) in [5.41, 5.74) is 2.78. The molecular weight excluding hydrogens is 390 g/mol. The van der Waals surface area contributed by atoms with Gasteiger partial charge in [0.1, 0.15) is 4.83 Å². The molecule has 28 heavy (non-hydrogen) atoms. The molecule has 0 unspecified atom stereocenters. The van der Waals surface area contributed by atoms with E-state index in [-0.39, 0.29) is 5.56 Å². The van der Waals surface area contributed by atoms with Gasteiger partial charge in [0.25, 0.3) is 5.56 Å². The van der Waals surface area contributed by atoms with Crippen LogP contribution in [-0.2, 0) is 6.54 Å². The van der Waals surface area contributed by atoms with E-state index in [1.54, 1.807) is 28.5 Å².